The van der Waals surface area contributed by atoms with Crippen molar-refractivity contribution in [2.45, 2.75) is 19.1 Å². The van der Waals surface area contributed by atoms with Crippen molar-refractivity contribution in [1.82, 2.24) is 15.0 Å². The topological polar surface area (TPSA) is 51.3 Å². The maximum absolute atomic E-state index is 13.8. The molecule has 1 N–H and O–H groups in total. The number of benzene rings is 2. The predicted molar refractivity (Wildman–Crippen MR) is 139 cm³/mol. The van der Waals surface area contributed by atoms with Gasteiger partial charge in [-0.15, -0.1) is 0 Å². The summed E-state index contributed by atoms with van der Waals surface area (Å²) in [5.74, 6) is 1.28. The molecule has 10 heteroatoms. The van der Waals surface area contributed by atoms with Gasteiger partial charge in [-0.1, -0.05) is 23.7 Å². The van der Waals surface area contributed by atoms with Gasteiger partial charge in [-0.2, -0.15) is 13.2 Å². The largest absolute Gasteiger partial charge is 0.416 e. The minimum absolute atomic E-state index is 0.0299. The van der Waals surface area contributed by atoms with E-state index in [1.165, 1.54) is 6.07 Å². The van der Waals surface area contributed by atoms with Crippen LogP contribution in [0.5, 0.6) is 0 Å². The van der Waals surface area contributed by atoms with Gasteiger partial charge >= 0.3 is 6.18 Å². The zero-order chi connectivity index (χ0) is 25.6. The number of nitrogens with one attached hydrogen (secondary N) is 1. The van der Waals surface area contributed by atoms with Gasteiger partial charge in [0.05, 0.1) is 21.6 Å². The van der Waals surface area contributed by atoms with E-state index in [4.69, 9.17) is 16.6 Å². The molecule has 1 unspecified atom stereocenters. The Labute approximate surface area is 212 Å². The fraction of sp³-hybridized carbons (Fsp3) is 0.308. The molecule has 0 aliphatic carbocycles. The molecule has 1 saturated heterocycles. The number of aromatic nitrogens is 3. The van der Waals surface area contributed by atoms with E-state index >= 15 is 0 Å². The molecule has 5 rings (SSSR count). The van der Waals surface area contributed by atoms with Crippen molar-refractivity contribution in [3.63, 3.8) is 0 Å². The lowest BCUT2D eigenvalue weighted by Gasteiger charge is -2.40. The fourth-order valence-corrected chi connectivity index (χ4v) is 4.88. The van der Waals surface area contributed by atoms with E-state index < -0.39 is 11.7 Å². The number of hydrogen-bond donors (Lipinski definition) is 1. The summed E-state index contributed by atoms with van der Waals surface area (Å²) in [4.78, 5) is 18.5. The molecule has 1 fully saturated rings. The van der Waals surface area contributed by atoms with Gasteiger partial charge < -0.3 is 19.7 Å². The van der Waals surface area contributed by atoms with E-state index in [-0.39, 0.29) is 6.04 Å². The third-order valence-corrected chi connectivity index (χ3v) is 6.83. The maximum Gasteiger partial charge on any atom is 0.416 e. The molecule has 6 nitrogen and oxygen atoms in total. The first kappa shape index (κ1) is 24.2. The molecular weight excluding hydrogens is 489 g/mol. The Bertz CT molecular complexity index is 1380. The zero-order valence-corrected chi connectivity index (χ0v) is 20.9. The lowest BCUT2D eigenvalue weighted by molar-refractivity contribution is -0.137. The Kier molecular flexibility index (Phi) is 6.20. The monoisotopic (exact) mass is 514 g/mol. The van der Waals surface area contributed by atoms with Gasteiger partial charge in [0.1, 0.15) is 5.82 Å². The fourth-order valence-electron chi connectivity index (χ4n) is 4.64. The van der Waals surface area contributed by atoms with Crippen LogP contribution >= 0.6 is 11.6 Å². The maximum atomic E-state index is 13.8. The Morgan fingerprint density at radius 1 is 1.08 bits per heavy atom. The van der Waals surface area contributed by atoms with Crippen LogP contribution in [0.25, 0.3) is 22.2 Å². The minimum atomic E-state index is -4.47. The van der Waals surface area contributed by atoms with Crippen LogP contribution in [-0.4, -0.2) is 54.7 Å². The van der Waals surface area contributed by atoms with E-state index in [0.717, 1.165) is 17.6 Å². The lowest BCUT2D eigenvalue weighted by Crippen LogP contribution is -2.52. The average Bonchev–Trinajstić information content (AvgIpc) is 3.27. The smallest absolute Gasteiger partial charge is 0.378 e. The van der Waals surface area contributed by atoms with Crippen LogP contribution in [0, 0.1) is 0 Å². The van der Waals surface area contributed by atoms with Crippen LogP contribution < -0.4 is 14.7 Å². The van der Waals surface area contributed by atoms with Gasteiger partial charge in [-0.25, -0.2) is 9.97 Å². The molecule has 1 atom stereocenters. The van der Waals surface area contributed by atoms with E-state index in [1.807, 2.05) is 49.3 Å². The second-order valence-electron chi connectivity index (χ2n) is 9.22. The van der Waals surface area contributed by atoms with Crippen LogP contribution in [0.2, 0.25) is 5.02 Å². The predicted octanol–water partition coefficient (Wildman–Crippen LogP) is 6.08. The summed E-state index contributed by atoms with van der Waals surface area (Å²) in [6, 6.07) is 13.4. The van der Waals surface area contributed by atoms with Gasteiger partial charge in [-0.3, -0.25) is 0 Å². The molecule has 36 heavy (non-hydrogen) atoms. The third kappa shape index (κ3) is 4.55. The molecule has 0 radical (unpaired) electrons. The average molecular weight is 515 g/mol. The second-order valence-corrected chi connectivity index (χ2v) is 9.62. The standard InChI is InChI=1S/C26H26ClF3N6/c1-16-15-35(24-21(27)5-4-10-31-24)11-12-36(16)25-32-22-14-18(26(28,29)30)13-20(23(22)33-25)17-6-8-19(9-7-17)34(2)3/h4-10,13-14,16H,11-12,15H2,1-3H3,(H,32,33). The number of halogens is 4. The first-order valence-corrected chi connectivity index (χ1v) is 12.0. The van der Waals surface area contributed by atoms with Crippen molar-refractivity contribution in [3.8, 4) is 11.1 Å². The normalized spacial score (nSPS) is 16.6. The van der Waals surface area contributed by atoms with Gasteiger partial charge in [-0.05, 0) is 48.9 Å². The number of nitrogens with zero attached hydrogens (tertiary/aromatic N) is 5. The Morgan fingerprint density at radius 2 is 1.83 bits per heavy atom. The van der Waals surface area contributed by atoms with Crippen molar-refractivity contribution < 1.29 is 13.2 Å². The molecule has 0 spiro atoms. The summed E-state index contributed by atoms with van der Waals surface area (Å²) in [5.41, 5.74) is 2.24. The van der Waals surface area contributed by atoms with E-state index in [2.05, 4.69) is 26.7 Å². The quantitative estimate of drug-likeness (QED) is 0.358. The SMILES string of the molecule is CC1CN(c2ncccc2Cl)CCN1c1nc2c(-c3ccc(N(C)C)cc3)cc(C(F)(F)F)cc2[nH]1. The molecule has 3 heterocycles. The number of aromatic amines is 1. The highest BCUT2D eigenvalue weighted by atomic mass is 35.5. The molecule has 0 saturated carbocycles. The Hall–Kier alpha value is -3.46. The first-order chi connectivity index (χ1) is 17.1. The molecular formula is C26H26ClF3N6. The highest BCUT2D eigenvalue weighted by molar-refractivity contribution is 6.32. The lowest BCUT2D eigenvalue weighted by atomic mass is 10.0. The van der Waals surface area contributed by atoms with Crippen molar-refractivity contribution in [3.05, 3.63) is 65.3 Å². The highest BCUT2D eigenvalue weighted by Gasteiger charge is 2.33. The van der Waals surface area contributed by atoms with Crippen LogP contribution in [0.3, 0.4) is 0 Å². The van der Waals surface area contributed by atoms with Gasteiger partial charge in [0.25, 0.3) is 0 Å². The Morgan fingerprint density at radius 3 is 2.47 bits per heavy atom. The van der Waals surface area contributed by atoms with E-state index in [0.29, 0.717) is 52.8 Å². The number of fused-ring (bicyclic) bond motifs is 1. The second kappa shape index (κ2) is 9.20. The summed E-state index contributed by atoms with van der Waals surface area (Å²) in [6.45, 7) is 3.98. The summed E-state index contributed by atoms with van der Waals surface area (Å²) in [7, 11) is 3.83. The van der Waals surface area contributed by atoms with Crippen LogP contribution in [0.1, 0.15) is 12.5 Å². The molecule has 1 aliphatic heterocycles. The summed E-state index contributed by atoms with van der Waals surface area (Å²) in [6.07, 6.45) is -2.76. The number of rotatable bonds is 4. The molecule has 1 aliphatic rings. The highest BCUT2D eigenvalue weighted by Crippen LogP contribution is 2.38. The molecule has 0 bridgehead atoms. The molecule has 188 valence electrons. The number of alkyl halides is 3. The first-order valence-electron chi connectivity index (χ1n) is 11.6. The molecule has 2 aromatic carbocycles. The Balaban J connectivity index is 1.51. The summed E-state index contributed by atoms with van der Waals surface area (Å²) in [5, 5.41) is 0.589. The van der Waals surface area contributed by atoms with Gasteiger partial charge in [0.15, 0.2) is 0 Å². The van der Waals surface area contributed by atoms with E-state index in [9.17, 15) is 13.2 Å². The number of anilines is 3. The summed E-state index contributed by atoms with van der Waals surface area (Å²) >= 11 is 6.34. The van der Waals surface area contributed by atoms with Crippen LogP contribution in [0.15, 0.2) is 54.7 Å². The minimum Gasteiger partial charge on any atom is -0.378 e. The van der Waals surface area contributed by atoms with Crippen LogP contribution in [-0.2, 0) is 6.18 Å². The van der Waals surface area contributed by atoms with Gasteiger partial charge in [0, 0.05) is 57.2 Å². The number of hydrogen-bond acceptors (Lipinski definition) is 5. The number of pyridine rings is 1. The third-order valence-electron chi connectivity index (χ3n) is 6.53. The zero-order valence-electron chi connectivity index (χ0n) is 20.1. The van der Waals surface area contributed by atoms with Crippen LogP contribution in [0.4, 0.5) is 30.6 Å². The van der Waals surface area contributed by atoms with Crippen molar-refractivity contribution in [2.24, 2.45) is 0 Å². The molecule has 4 aromatic rings. The number of piperazine rings is 1. The number of imidazole rings is 1. The van der Waals surface area contributed by atoms with Gasteiger partial charge in [0.2, 0.25) is 5.95 Å². The summed E-state index contributed by atoms with van der Waals surface area (Å²) < 4.78 is 41.3. The van der Waals surface area contributed by atoms with Crippen molar-refractivity contribution in [2.75, 3.05) is 48.4 Å². The van der Waals surface area contributed by atoms with E-state index in [1.54, 1.807) is 12.3 Å². The number of H-pyrrole nitrogens is 1. The molecule has 2 aromatic heterocycles. The van der Waals surface area contributed by atoms with Crippen molar-refractivity contribution in [1.29, 1.82) is 0 Å². The molecule has 0 amide bonds. The van der Waals surface area contributed by atoms with Crippen molar-refractivity contribution >= 4 is 40.1 Å².